The van der Waals surface area contributed by atoms with Crippen molar-refractivity contribution in [2.24, 2.45) is 5.92 Å². The lowest BCUT2D eigenvalue weighted by atomic mass is 9.85. The van der Waals surface area contributed by atoms with Gasteiger partial charge in [-0.05, 0) is 64.5 Å². The molecule has 1 N–H and O–H groups in total. The maximum absolute atomic E-state index is 13.6. The monoisotopic (exact) mass is 346 g/mol. The van der Waals surface area contributed by atoms with Crippen LogP contribution in [0.25, 0.3) is 0 Å². The minimum Gasteiger partial charge on any atom is -0.444 e. The molecular weight excluding hydrogens is 318 g/mol. The maximum Gasteiger partial charge on any atom is 0.407 e. The zero-order valence-corrected chi connectivity index (χ0v) is 15.6. The van der Waals surface area contributed by atoms with Gasteiger partial charge in [0.25, 0.3) is 0 Å². The van der Waals surface area contributed by atoms with Gasteiger partial charge in [-0.3, -0.25) is 0 Å². The van der Waals surface area contributed by atoms with E-state index in [2.05, 4.69) is 10.2 Å². The van der Waals surface area contributed by atoms with Gasteiger partial charge >= 0.3 is 6.09 Å². The molecule has 0 spiro atoms. The number of nitrogens with one attached hydrogen (secondary N) is 1. The Bertz CT molecular complexity index is 596. The Labute approximate surface area is 151 Å². The molecule has 1 aromatic carbocycles. The summed E-state index contributed by atoms with van der Waals surface area (Å²) < 4.78 is 18.9. The summed E-state index contributed by atoms with van der Waals surface area (Å²) in [7, 11) is 7.50. The molecule has 1 aliphatic rings. The van der Waals surface area contributed by atoms with E-state index >= 15 is 0 Å². The van der Waals surface area contributed by atoms with Crippen LogP contribution in [0.1, 0.15) is 46.5 Å². The minimum absolute atomic E-state index is 0.172. The van der Waals surface area contributed by atoms with E-state index in [0.717, 1.165) is 37.9 Å². The molecule has 1 fully saturated rings. The Morgan fingerprint density at radius 1 is 1.32 bits per heavy atom. The van der Waals surface area contributed by atoms with E-state index in [0.29, 0.717) is 5.92 Å². The van der Waals surface area contributed by atoms with Crippen LogP contribution in [0.15, 0.2) is 18.2 Å². The molecule has 4 nitrogen and oxygen atoms in total. The first-order valence-corrected chi connectivity index (χ1v) is 8.90. The van der Waals surface area contributed by atoms with Crippen molar-refractivity contribution in [1.29, 1.82) is 0 Å². The van der Waals surface area contributed by atoms with Crippen molar-refractivity contribution in [2.45, 2.75) is 58.1 Å². The molecule has 0 aliphatic heterocycles. The third-order valence-corrected chi connectivity index (χ3v) is 4.52. The first kappa shape index (κ1) is 19.6. The number of hydrogen-bond acceptors (Lipinski definition) is 3. The second kappa shape index (κ2) is 8.11. The molecule has 0 bridgehead atoms. The number of carbonyl (C=O) groups excluding carboxylic acids is 1. The average Bonchev–Trinajstić information content (AvgIpc) is 2.50. The smallest absolute Gasteiger partial charge is 0.407 e. The summed E-state index contributed by atoms with van der Waals surface area (Å²) in [5.74, 6) is 0.150. The Morgan fingerprint density at radius 3 is 2.52 bits per heavy atom. The van der Waals surface area contributed by atoms with Gasteiger partial charge in [0.1, 0.15) is 19.3 Å². The van der Waals surface area contributed by atoms with E-state index in [1.807, 2.05) is 33.9 Å². The van der Waals surface area contributed by atoms with Crippen molar-refractivity contribution >= 4 is 25.1 Å². The molecule has 2 radical (unpaired) electrons. The highest BCUT2D eigenvalue weighted by Gasteiger charge is 2.25. The lowest BCUT2D eigenvalue weighted by Gasteiger charge is -2.33. The highest BCUT2D eigenvalue weighted by molar-refractivity contribution is 6.32. The minimum atomic E-state index is -0.474. The molecule has 0 unspecified atom stereocenters. The van der Waals surface area contributed by atoms with Gasteiger partial charge in [-0.1, -0.05) is 11.5 Å². The lowest BCUT2D eigenvalue weighted by molar-refractivity contribution is 0.0488. The van der Waals surface area contributed by atoms with Crippen molar-refractivity contribution in [3.8, 4) is 0 Å². The predicted octanol–water partition coefficient (Wildman–Crippen LogP) is 3.14. The molecule has 0 atom stereocenters. The molecule has 1 aromatic rings. The summed E-state index contributed by atoms with van der Waals surface area (Å²) in [6, 6.07) is 5.09. The van der Waals surface area contributed by atoms with E-state index < -0.39 is 5.60 Å². The van der Waals surface area contributed by atoms with Crippen molar-refractivity contribution in [3.05, 3.63) is 24.0 Å². The number of anilines is 1. The normalized spacial score (nSPS) is 20.8. The zero-order chi connectivity index (χ0) is 18.6. The number of rotatable bonds is 4. The summed E-state index contributed by atoms with van der Waals surface area (Å²) >= 11 is 0. The first-order chi connectivity index (χ1) is 11.6. The van der Waals surface area contributed by atoms with E-state index in [-0.39, 0.29) is 23.4 Å². The molecule has 0 saturated heterocycles. The standard InChI is InChI=1S/C19H28BFN2O2/c1-19(2,3)25-18(24)22-14-7-5-13(6-8-14)12-23(4)15-9-10-16(20)17(21)11-15/h9-11,13-14H,5-8,12H2,1-4H3,(H,22,24). The molecule has 0 aromatic heterocycles. The molecule has 0 heterocycles. The third kappa shape index (κ3) is 6.26. The van der Waals surface area contributed by atoms with Gasteiger partial charge < -0.3 is 15.0 Å². The van der Waals surface area contributed by atoms with Gasteiger partial charge in [-0.2, -0.15) is 0 Å². The summed E-state index contributed by atoms with van der Waals surface area (Å²) in [5.41, 5.74) is 0.532. The van der Waals surface area contributed by atoms with Crippen LogP contribution in [0.4, 0.5) is 14.9 Å². The Balaban J connectivity index is 1.78. The van der Waals surface area contributed by atoms with E-state index in [1.165, 1.54) is 6.07 Å². The fourth-order valence-corrected chi connectivity index (χ4v) is 3.21. The van der Waals surface area contributed by atoms with E-state index in [4.69, 9.17) is 12.6 Å². The molecule has 25 heavy (non-hydrogen) atoms. The van der Waals surface area contributed by atoms with Gasteiger partial charge in [0.15, 0.2) is 0 Å². The summed E-state index contributed by atoms with van der Waals surface area (Å²) in [5, 5.41) is 2.96. The van der Waals surface area contributed by atoms with Gasteiger partial charge in [-0.25, -0.2) is 9.18 Å². The molecule has 1 amide bonds. The Hall–Kier alpha value is -1.72. The fraction of sp³-hybridized carbons (Fsp3) is 0.632. The average molecular weight is 346 g/mol. The largest absolute Gasteiger partial charge is 0.444 e. The topological polar surface area (TPSA) is 41.6 Å². The Kier molecular flexibility index (Phi) is 6.36. The fourth-order valence-electron chi connectivity index (χ4n) is 3.21. The number of ether oxygens (including phenoxy) is 1. The van der Waals surface area contributed by atoms with E-state index in [1.54, 1.807) is 6.07 Å². The van der Waals surface area contributed by atoms with Crippen LogP contribution in [-0.2, 0) is 4.74 Å². The third-order valence-electron chi connectivity index (χ3n) is 4.52. The molecule has 6 heteroatoms. The van der Waals surface area contributed by atoms with Crippen LogP contribution in [0.3, 0.4) is 0 Å². The van der Waals surface area contributed by atoms with Crippen LogP contribution in [0.5, 0.6) is 0 Å². The first-order valence-electron chi connectivity index (χ1n) is 8.90. The predicted molar refractivity (Wildman–Crippen MR) is 100 cm³/mol. The number of benzene rings is 1. The van der Waals surface area contributed by atoms with Crippen molar-refractivity contribution in [1.82, 2.24) is 5.32 Å². The van der Waals surface area contributed by atoms with Crippen molar-refractivity contribution in [3.63, 3.8) is 0 Å². The van der Waals surface area contributed by atoms with Crippen LogP contribution < -0.4 is 15.7 Å². The second-order valence-electron chi connectivity index (χ2n) is 7.95. The number of nitrogens with zero attached hydrogens (tertiary/aromatic N) is 1. The van der Waals surface area contributed by atoms with Gasteiger partial charge in [0, 0.05) is 25.3 Å². The summed E-state index contributed by atoms with van der Waals surface area (Å²) in [4.78, 5) is 13.9. The SMILES string of the molecule is [B]c1ccc(N(C)CC2CCC(NC(=O)OC(C)(C)C)CC2)cc1F. The Morgan fingerprint density at radius 2 is 1.96 bits per heavy atom. The van der Waals surface area contributed by atoms with Gasteiger partial charge in [0.2, 0.25) is 0 Å². The maximum atomic E-state index is 13.6. The van der Waals surface area contributed by atoms with Crippen LogP contribution in [-0.4, -0.2) is 39.2 Å². The molecule has 136 valence electrons. The number of halogens is 1. The van der Waals surface area contributed by atoms with Crippen molar-refractivity contribution < 1.29 is 13.9 Å². The van der Waals surface area contributed by atoms with Crippen LogP contribution >= 0.6 is 0 Å². The molecule has 1 aliphatic carbocycles. The number of carbonyl (C=O) groups is 1. The van der Waals surface area contributed by atoms with Crippen LogP contribution in [0.2, 0.25) is 0 Å². The highest BCUT2D eigenvalue weighted by Crippen LogP contribution is 2.26. The molecular formula is C19H28BFN2O2. The molecule has 1 saturated carbocycles. The number of alkyl carbamates (subject to hydrolysis) is 1. The number of amides is 1. The zero-order valence-electron chi connectivity index (χ0n) is 15.6. The summed E-state index contributed by atoms with van der Waals surface area (Å²) in [6.07, 6.45) is 3.59. The lowest BCUT2D eigenvalue weighted by Crippen LogP contribution is -2.42. The number of hydrogen-bond donors (Lipinski definition) is 1. The van der Waals surface area contributed by atoms with Gasteiger partial charge in [0.05, 0.1) is 0 Å². The van der Waals surface area contributed by atoms with Crippen LogP contribution in [0, 0.1) is 11.7 Å². The quantitative estimate of drug-likeness (QED) is 0.852. The second-order valence-corrected chi connectivity index (χ2v) is 7.95. The van der Waals surface area contributed by atoms with E-state index in [9.17, 15) is 9.18 Å². The molecule has 2 rings (SSSR count). The highest BCUT2D eigenvalue weighted by atomic mass is 19.1. The van der Waals surface area contributed by atoms with Gasteiger partial charge in [-0.15, -0.1) is 0 Å². The summed E-state index contributed by atoms with van der Waals surface area (Å²) in [6.45, 7) is 6.45. The van der Waals surface area contributed by atoms with Crippen molar-refractivity contribution in [2.75, 3.05) is 18.5 Å².